The second kappa shape index (κ2) is 14.4. The average molecular weight is 710 g/mol. The quantitative estimate of drug-likeness (QED) is 0.338. The summed E-state index contributed by atoms with van der Waals surface area (Å²) in [6, 6.07) is 3.08. The van der Waals surface area contributed by atoms with Gasteiger partial charge in [0.05, 0.1) is 35.9 Å². The van der Waals surface area contributed by atoms with E-state index in [1.54, 1.807) is 6.20 Å². The molecular formula is C28H27F8N7O6. The van der Waals surface area contributed by atoms with Gasteiger partial charge in [-0.15, -0.1) is 0 Å². The van der Waals surface area contributed by atoms with E-state index >= 15 is 4.39 Å². The van der Waals surface area contributed by atoms with E-state index in [-0.39, 0.29) is 41.7 Å². The van der Waals surface area contributed by atoms with Crippen molar-refractivity contribution < 1.29 is 59.7 Å². The zero-order chi connectivity index (χ0) is 36.3. The zero-order valence-corrected chi connectivity index (χ0v) is 25.0. The minimum absolute atomic E-state index is 0.0204. The Morgan fingerprint density at radius 2 is 1.63 bits per heavy atom. The number of halogens is 8. The van der Waals surface area contributed by atoms with Gasteiger partial charge < -0.3 is 25.4 Å². The fraction of sp³-hybridized carbons (Fsp3) is 0.464. The second-order valence-corrected chi connectivity index (χ2v) is 11.2. The summed E-state index contributed by atoms with van der Waals surface area (Å²) >= 11 is 0. The van der Waals surface area contributed by atoms with Crippen LogP contribution in [0.3, 0.4) is 0 Å². The third kappa shape index (κ3) is 9.02. The number of alkyl halides is 7. The fourth-order valence-corrected chi connectivity index (χ4v) is 5.43. The Morgan fingerprint density at radius 3 is 2.22 bits per heavy atom. The first-order valence-corrected chi connectivity index (χ1v) is 14.4. The molecule has 1 saturated heterocycles. The number of nitrogens with zero attached hydrogens (tertiary/aromatic N) is 5. The molecule has 266 valence electrons. The van der Waals surface area contributed by atoms with Crippen molar-refractivity contribution in [3.05, 3.63) is 51.8 Å². The van der Waals surface area contributed by atoms with Crippen LogP contribution in [0.25, 0.3) is 11.0 Å². The molecule has 1 fully saturated rings. The van der Waals surface area contributed by atoms with E-state index < -0.39 is 35.8 Å². The Labute approximate surface area is 270 Å². The Morgan fingerprint density at radius 1 is 1.02 bits per heavy atom. The summed E-state index contributed by atoms with van der Waals surface area (Å²) in [6.07, 6.45) is -4.70. The van der Waals surface area contributed by atoms with Crippen LogP contribution in [0.4, 0.5) is 35.1 Å². The number of hydrogen-bond acceptors (Lipinski definition) is 9. The number of amidine groups is 2. The van der Waals surface area contributed by atoms with Crippen LogP contribution in [-0.4, -0.2) is 98.8 Å². The van der Waals surface area contributed by atoms with Gasteiger partial charge in [0.25, 0.3) is 5.56 Å². The highest BCUT2D eigenvalue weighted by Crippen LogP contribution is 2.41. The van der Waals surface area contributed by atoms with Crippen LogP contribution in [0.5, 0.6) is 0 Å². The molecule has 21 heteroatoms. The number of carbonyl (C=O) groups is 3. The monoisotopic (exact) mass is 709 g/mol. The van der Waals surface area contributed by atoms with Gasteiger partial charge in [-0.05, 0) is 38.4 Å². The Bertz CT molecular complexity index is 1760. The van der Waals surface area contributed by atoms with Crippen LogP contribution in [0.2, 0.25) is 0 Å². The van der Waals surface area contributed by atoms with Crippen molar-refractivity contribution in [2.75, 3.05) is 26.2 Å². The summed E-state index contributed by atoms with van der Waals surface area (Å²) in [4.78, 5) is 56.2. The smallest absolute Gasteiger partial charge is 0.475 e. The summed E-state index contributed by atoms with van der Waals surface area (Å²) in [6.45, 7) is 1.62. The van der Waals surface area contributed by atoms with Gasteiger partial charge in [0.2, 0.25) is 5.91 Å². The lowest BCUT2D eigenvalue weighted by Gasteiger charge is -2.36. The van der Waals surface area contributed by atoms with E-state index in [4.69, 9.17) is 19.8 Å². The average Bonchev–Trinajstić information content (AvgIpc) is 3.33. The second-order valence-electron chi connectivity index (χ2n) is 11.2. The first-order valence-electron chi connectivity index (χ1n) is 14.4. The standard InChI is InChI=1S/C24H25F2N7O2.2C2HF3O2/c25-16-10-28-17-2-4-20(35)33-13-24(26,21(16)22(17)33)12-32-7-5-15(6-8-32)27-11-18-29-9-14-1-3-19(34)31-23(14)30-18;2*3-2(4,5)1(6)7/h2,4,9-10,15,27H,1,3,5-8,11-13H2,(H,29,30,31,34);2*(H,6,7)/t24-;;/m0../s1. The minimum Gasteiger partial charge on any atom is -0.475 e. The number of amides is 1. The van der Waals surface area contributed by atoms with Crippen molar-refractivity contribution in [3.8, 4) is 0 Å². The summed E-state index contributed by atoms with van der Waals surface area (Å²) in [7, 11) is 0. The van der Waals surface area contributed by atoms with Crippen LogP contribution in [-0.2, 0) is 26.6 Å². The first kappa shape index (κ1) is 37.0. The van der Waals surface area contributed by atoms with Gasteiger partial charge in [0.15, 0.2) is 5.67 Å². The number of carboxylic acids is 2. The molecule has 13 nitrogen and oxygen atoms in total. The number of likely N-dealkylation sites (tertiary alicyclic amines) is 1. The van der Waals surface area contributed by atoms with Gasteiger partial charge >= 0.3 is 24.3 Å². The highest BCUT2D eigenvalue weighted by molar-refractivity contribution is 6.16. The molecule has 1 amide bonds. The number of rotatable bonds is 5. The third-order valence-corrected chi connectivity index (χ3v) is 7.70. The van der Waals surface area contributed by atoms with Crippen molar-refractivity contribution in [2.24, 2.45) is 9.98 Å². The Kier molecular flexibility index (Phi) is 10.9. The number of piperidine rings is 1. The van der Waals surface area contributed by atoms with Crippen molar-refractivity contribution in [1.82, 2.24) is 25.1 Å². The predicted octanol–water partition coefficient (Wildman–Crippen LogP) is 2.64. The number of carbonyl (C=O) groups excluding carboxylic acids is 1. The number of aliphatic imine (C=N–C) groups is 2. The van der Waals surface area contributed by atoms with Crippen LogP contribution in [0, 0.1) is 5.82 Å². The molecule has 0 bridgehead atoms. The maximum Gasteiger partial charge on any atom is 0.490 e. The van der Waals surface area contributed by atoms with Crippen molar-refractivity contribution in [2.45, 2.75) is 56.3 Å². The van der Waals surface area contributed by atoms with Gasteiger partial charge in [0, 0.05) is 36.8 Å². The van der Waals surface area contributed by atoms with Crippen molar-refractivity contribution in [1.29, 1.82) is 0 Å². The molecule has 4 N–H and O–H groups in total. The van der Waals surface area contributed by atoms with E-state index in [1.807, 2.05) is 4.90 Å². The van der Waals surface area contributed by atoms with Gasteiger partial charge in [-0.1, -0.05) is 0 Å². The molecule has 0 spiro atoms. The van der Waals surface area contributed by atoms with Gasteiger partial charge in [-0.2, -0.15) is 31.3 Å². The van der Waals surface area contributed by atoms with E-state index in [9.17, 15) is 40.3 Å². The number of pyridine rings is 2. The maximum absolute atomic E-state index is 16.2. The lowest BCUT2D eigenvalue weighted by molar-refractivity contribution is -0.193. The number of nitrogens with one attached hydrogen (secondary N) is 2. The number of hydrogen-bond donors (Lipinski definition) is 4. The molecule has 4 aliphatic rings. The van der Waals surface area contributed by atoms with Crippen LogP contribution in [0.15, 0.2) is 44.9 Å². The Hall–Kier alpha value is -4.79. The van der Waals surface area contributed by atoms with Gasteiger partial charge in [0.1, 0.15) is 17.5 Å². The molecule has 0 aromatic carbocycles. The van der Waals surface area contributed by atoms with Crippen LogP contribution >= 0.6 is 0 Å². The summed E-state index contributed by atoms with van der Waals surface area (Å²) in [5.41, 5.74) is -0.758. The van der Waals surface area contributed by atoms with Crippen LogP contribution < -0.4 is 16.2 Å². The summed E-state index contributed by atoms with van der Waals surface area (Å²) < 4.78 is 95.7. The number of aromatic nitrogens is 2. The predicted molar refractivity (Wildman–Crippen MR) is 154 cm³/mol. The summed E-state index contributed by atoms with van der Waals surface area (Å²) in [5, 5.41) is 20.9. The van der Waals surface area contributed by atoms with E-state index in [0.29, 0.717) is 49.7 Å². The number of fused-ring (bicyclic) bond motifs is 1. The molecule has 0 saturated carbocycles. The molecule has 6 heterocycles. The molecule has 49 heavy (non-hydrogen) atoms. The Balaban J connectivity index is 0.000000327. The molecule has 1 atom stereocenters. The molecule has 2 aromatic heterocycles. The van der Waals surface area contributed by atoms with Gasteiger partial charge in [-0.25, -0.2) is 23.4 Å². The molecule has 0 radical (unpaired) electrons. The lowest BCUT2D eigenvalue weighted by Crippen LogP contribution is -2.49. The topological polar surface area (TPSA) is 179 Å². The number of carboxylic acid groups (broad SMARTS) is 2. The zero-order valence-electron chi connectivity index (χ0n) is 25.0. The van der Waals surface area contributed by atoms with E-state index in [2.05, 4.69) is 25.6 Å². The highest BCUT2D eigenvalue weighted by Gasteiger charge is 2.45. The highest BCUT2D eigenvalue weighted by atomic mass is 19.4. The van der Waals surface area contributed by atoms with E-state index in [1.165, 1.54) is 16.7 Å². The first-order chi connectivity index (χ1) is 22.8. The third-order valence-electron chi connectivity index (χ3n) is 7.70. The van der Waals surface area contributed by atoms with Gasteiger partial charge in [-0.3, -0.25) is 19.5 Å². The molecule has 0 unspecified atom stereocenters. The molecule has 2 aromatic rings. The largest absolute Gasteiger partial charge is 0.490 e. The molecule has 6 rings (SSSR count). The van der Waals surface area contributed by atoms with E-state index in [0.717, 1.165) is 24.6 Å². The maximum atomic E-state index is 16.2. The fourth-order valence-electron chi connectivity index (χ4n) is 5.43. The summed E-state index contributed by atoms with van der Waals surface area (Å²) in [5.74, 6) is -5.06. The SMILES string of the molecule is O=C(O)C(F)(F)F.O=C(O)C(F)(F)F.O=C1CCC2=CN=C(CNC3CCN(C[C@]4(F)Cn5c(=O)ccc6ncc(F)c4c65)CC3)NC2=N1. The van der Waals surface area contributed by atoms with Crippen LogP contribution in [0.1, 0.15) is 31.2 Å². The normalized spacial score (nSPS) is 20.8. The molecule has 0 aliphatic carbocycles. The molecule has 4 aliphatic heterocycles. The lowest BCUT2D eigenvalue weighted by atomic mass is 9.95. The number of aliphatic carboxylic acids is 2. The van der Waals surface area contributed by atoms with Crippen molar-refractivity contribution in [3.63, 3.8) is 0 Å². The molecular weight excluding hydrogens is 682 g/mol. The van der Waals surface area contributed by atoms with Crippen molar-refractivity contribution >= 4 is 40.6 Å². The minimum atomic E-state index is -5.08.